The van der Waals surface area contributed by atoms with E-state index in [4.69, 9.17) is 9.31 Å². The highest BCUT2D eigenvalue weighted by atomic mass is 16.7. The molecule has 0 saturated carbocycles. The van der Waals surface area contributed by atoms with E-state index in [1.54, 1.807) is 0 Å². The molecule has 0 spiro atoms. The molecule has 3 rings (SSSR count). The fraction of sp³-hybridized carbons (Fsp3) is 0.889. The highest BCUT2D eigenvalue weighted by Gasteiger charge is 2.52. The maximum absolute atomic E-state index is 6.19. The Balaban J connectivity index is 1.51. The number of allylic oxidation sites excluding steroid dienone is 2. The zero-order valence-electron chi connectivity index (χ0n) is 15.6. The van der Waals surface area contributed by atoms with Gasteiger partial charge >= 0.3 is 7.12 Å². The monoisotopic (exact) mass is 320 g/mol. The van der Waals surface area contributed by atoms with Crippen molar-refractivity contribution in [3.63, 3.8) is 0 Å². The van der Waals surface area contributed by atoms with Crippen molar-refractivity contribution in [1.82, 2.24) is 9.80 Å². The molecular weight excluding hydrogens is 287 g/mol. The van der Waals surface area contributed by atoms with Crippen molar-refractivity contribution in [2.24, 2.45) is 5.92 Å². The highest BCUT2D eigenvalue weighted by Crippen LogP contribution is 2.40. The summed E-state index contributed by atoms with van der Waals surface area (Å²) in [4.78, 5) is 5.06. The van der Waals surface area contributed by atoms with E-state index in [1.165, 1.54) is 51.0 Å². The van der Waals surface area contributed by atoms with Gasteiger partial charge in [0, 0.05) is 32.7 Å². The van der Waals surface area contributed by atoms with Gasteiger partial charge in [0.05, 0.1) is 11.2 Å². The van der Waals surface area contributed by atoms with Crippen LogP contribution in [0.15, 0.2) is 11.5 Å². The van der Waals surface area contributed by atoms with Gasteiger partial charge in [-0.3, -0.25) is 0 Å². The molecule has 1 atom stereocenters. The zero-order valence-corrected chi connectivity index (χ0v) is 15.6. The fourth-order valence-corrected chi connectivity index (χ4v) is 3.68. The molecule has 0 unspecified atom stereocenters. The molecule has 4 nitrogen and oxygen atoms in total. The van der Waals surface area contributed by atoms with E-state index in [9.17, 15) is 0 Å². The summed E-state index contributed by atoms with van der Waals surface area (Å²) in [6, 6.07) is 0. The molecule has 0 aromatic carbocycles. The molecule has 1 aliphatic carbocycles. The van der Waals surface area contributed by atoms with Gasteiger partial charge in [-0.1, -0.05) is 6.08 Å². The molecule has 0 radical (unpaired) electrons. The Morgan fingerprint density at radius 3 is 2.22 bits per heavy atom. The second-order valence-corrected chi connectivity index (χ2v) is 8.61. The molecule has 2 fully saturated rings. The quantitative estimate of drug-likeness (QED) is 0.746. The predicted molar refractivity (Wildman–Crippen MR) is 95.4 cm³/mol. The summed E-state index contributed by atoms with van der Waals surface area (Å²) in [5.41, 5.74) is 0.906. The third kappa shape index (κ3) is 3.84. The van der Waals surface area contributed by atoms with Crippen LogP contribution < -0.4 is 0 Å². The summed E-state index contributed by atoms with van der Waals surface area (Å²) < 4.78 is 12.4. The Kier molecular flexibility index (Phi) is 4.94. The van der Waals surface area contributed by atoms with Gasteiger partial charge in [0.1, 0.15) is 0 Å². The molecule has 3 aliphatic rings. The SMILES string of the molecule is CN1CCN(C[C@@H]2CC=C(B3OC(C)(C)C(C)(C)O3)CC2)CC1. The van der Waals surface area contributed by atoms with Crippen LogP contribution >= 0.6 is 0 Å². The minimum absolute atomic E-state index is 0.135. The van der Waals surface area contributed by atoms with Crippen LogP contribution in [-0.2, 0) is 9.31 Å². The predicted octanol–water partition coefficient (Wildman–Crippen LogP) is 2.59. The summed E-state index contributed by atoms with van der Waals surface area (Å²) in [5.74, 6) is 0.796. The van der Waals surface area contributed by atoms with Crippen molar-refractivity contribution < 1.29 is 9.31 Å². The van der Waals surface area contributed by atoms with Crippen LogP contribution in [0.3, 0.4) is 0 Å². The highest BCUT2D eigenvalue weighted by molar-refractivity contribution is 6.54. The average Bonchev–Trinajstić information content (AvgIpc) is 2.71. The first-order valence-electron chi connectivity index (χ1n) is 9.22. The Morgan fingerprint density at radius 2 is 1.70 bits per heavy atom. The molecule has 0 bridgehead atoms. The number of hydrogen-bond acceptors (Lipinski definition) is 4. The van der Waals surface area contributed by atoms with Gasteiger partial charge in [0.25, 0.3) is 0 Å². The number of piperazine rings is 1. The first-order chi connectivity index (χ1) is 10.8. The second-order valence-electron chi connectivity index (χ2n) is 8.61. The molecular formula is C18H33BN2O2. The molecule has 2 aliphatic heterocycles. The Labute approximate surface area is 142 Å². The molecule has 0 aromatic heterocycles. The third-order valence-corrected chi connectivity index (χ3v) is 6.22. The van der Waals surface area contributed by atoms with Gasteiger partial charge in [0.2, 0.25) is 0 Å². The first kappa shape index (κ1) is 17.5. The van der Waals surface area contributed by atoms with Crippen LogP contribution in [0.2, 0.25) is 0 Å². The minimum Gasteiger partial charge on any atom is -0.400 e. The molecule has 130 valence electrons. The van der Waals surface area contributed by atoms with Crippen LogP contribution in [0, 0.1) is 5.92 Å². The van der Waals surface area contributed by atoms with Crippen LogP contribution in [0.1, 0.15) is 47.0 Å². The number of nitrogens with zero attached hydrogens (tertiary/aromatic N) is 2. The Morgan fingerprint density at radius 1 is 1.09 bits per heavy atom. The van der Waals surface area contributed by atoms with Crippen molar-refractivity contribution >= 4 is 7.12 Å². The Bertz CT molecular complexity index is 440. The normalized spacial score (nSPS) is 32.1. The molecule has 2 heterocycles. The van der Waals surface area contributed by atoms with E-state index in [-0.39, 0.29) is 18.3 Å². The van der Waals surface area contributed by atoms with Crippen molar-refractivity contribution in [2.75, 3.05) is 39.8 Å². The van der Waals surface area contributed by atoms with Gasteiger partial charge in [0.15, 0.2) is 0 Å². The van der Waals surface area contributed by atoms with Crippen LogP contribution in [0.5, 0.6) is 0 Å². The van der Waals surface area contributed by atoms with E-state index in [1.807, 2.05) is 0 Å². The van der Waals surface area contributed by atoms with Crippen molar-refractivity contribution in [2.45, 2.75) is 58.2 Å². The second kappa shape index (κ2) is 6.51. The zero-order chi connectivity index (χ0) is 16.7. The van der Waals surface area contributed by atoms with Gasteiger partial charge in [-0.05, 0) is 65.4 Å². The van der Waals surface area contributed by atoms with Crippen molar-refractivity contribution in [3.05, 3.63) is 11.5 Å². The van der Waals surface area contributed by atoms with Crippen molar-refractivity contribution in [3.8, 4) is 0 Å². The largest absolute Gasteiger partial charge is 0.490 e. The summed E-state index contributed by atoms with van der Waals surface area (Å²) in [5, 5.41) is 0. The van der Waals surface area contributed by atoms with E-state index in [0.29, 0.717) is 0 Å². The van der Waals surface area contributed by atoms with E-state index < -0.39 is 0 Å². The maximum atomic E-state index is 6.19. The number of rotatable bonds is 3. The van der Waals surface area contributed by atoms with Gasteiger partial charge in [-0.15, -0.1) is 0 Å². The molecule has 0 amide bonds. The van der Waals surface area contributed by atoms with Gasteiger partial charge in [-0.2, -0.15) is 0 Å². The molecule has 5 heteroatoms. The van der Waals surface area contributed by atoms with Crippen molar-refractivity contribution in [1.29, 1.82) is 0 Å². The lowest BCUT2D eigenvalue weighted by atomic mass is 9.70. The number of hydrogen-bond donors (Lipinski definition) is 0. The lowest BCUT2D eigenvalue weighted by molar-refractivity contribution is 0.00578. The van der Waals surface area contributed by atoms with E-state index in [0.717, 1.165) is 12.3 Å². The smallest absolute Gasteiger partial charge is 0.400 e. The summed E-state index contributed by atoms with van der Waals surface area (Å²) >= 11 is 0. The minimum atomic E-state index is -0.227. The standard InChI is InChI=1S/C18H33BN2O2/c1-17(2)18(3,4)23-19(22-17)16-8-6-15(7-9-16)14-21-12-10-20(5)11-13-21/h8,15H,6-7,9-14H2,1-5H3/t15-/m1/s1. The lowest BCUT2D eigenvalue weighted by Crippen LogP contribution is -2.46. The van der Waals surface area contributed by atoms with E-state index >= 15 is 0 Å². The topological polar surface area (TPSA) is 24.9 Å². The summed E-state index contributed by atoms with van der Waals surface area (Å²) in [6.45, 7) is 14.6. The summed E-state index contributed by atoms with van der Waals surface area (Å²) in [7, 11) is 2.09. The lowest BCUT2D eigenvalue weighted by Gasteiger charge is -2.35. The molecule has 0 aromatic rings. The van der Waals surface area contributed by atoms with Gasteiger partial charge < -0.3 is 19.1 Å². The van der Waals surface area contributed by atoms with Gasteiger partial charge in [-0.25, -0.2) is 0 Å². The average molecular weight is 320 g/mol. The van der Waals surface area contributed by atoms with Crippen LogP contribution in [-0.4, -0.2) is 67.9 Å². The third-order valence-electron chi connectivity index (χ3n) is 6.22. The number of likely N-dealkylation sites (N-methyl/N-ethyl adjacent to an activating group) is 1. The van der Waals surface area contributed by atoms with Crippen LogP contribution in [0.25, 0.3) is 0 Å². The summed E-state index contributed by atoms with van der Waals surface area (Å²) in [6.07, 6.45) is 5.95. The molecule has 0 N–H and O–H groups in total. The van der Waals surface area contributed by atoms with Crippen LogP contribution in [0.4, 0.5) is 0 Å². The molecule has 23 heavy (non-hydrogen) atoms. The first-order valence-corrected chi connectivity index (χ1v) is 9.22. The maximum Gasteiger partial charge on any atom is 0.490 e. The molecule has 2 saturated heterocycles. The fourth-order valence-electron chi connectivity index (χ4n) is 3.68. The van der Waals surface area contributed by atoms with E-state index in [2.05, 4.69) is 50.6 Å². The Hall–Kier alpha value is -0.355.